The second kappa shape index (κ2) is 4.07. The maximum absolute atomic E-state index is 10.6. The second-order valence-electron chi connectivity index (χ2n) is 3.01. The molecule has 16 heavy (non-hydrogen) atoms. The molecular formula is C9H8N4O3. The first-order valence-electron chi connectivity index (χ1n) is 4.48. The smallest absolute Gasteiger partial charge is 0.270 e. The molecule has 82 valence electrons. The molecule has 1 heterocycles. The first-order valence-corrected chi connectivity index (χ1v) is 4.48. The van der Waals surface area contributed by atoms with Gasteiger partial charge in [-0.3, -0.25) is 10.1 Å². The quantitative estimate of drug-likeness (QED) is 0.612. The molecular weight excluding hydrogens is 212 g/mol. The van der Waals surface area contributed by atoms with Crippen LogP contribution in [0.2, 0.25) is 0 Å². The molecule has 1 aromatic heterocycles. The van der Waals surface area contributed by atoms with Crippen LogP contribution in [0.15, 0.2) is 28.7 Å². The molecule has 0 atom stereocenters. The summed E-state index contributed by atoms with van der Waals surface area (Å²) in [5.74, 6) is 0.519. The number of aromatic nitrogens is 2. The number of nitrogens with zero attached hydrogens (tertiary/aromatic N) is 3. The predicted molar refractivity (Wildman–Crippen MR) is 54.3 cm³/mol. The highest BCUT2D eigenvalue weighted by atomic mass is 16.6. The van der Waals surface area contributed by atoms with Crippen LogP contribution in [0, 0.1) is 10.1 Å². The van der Waals surface area contributed by atoms with E-state index in [1.165, 1.54) is 12.1 Å². The maximum Gasteiger partial charge on any atom is 0.270 e. The third-order valence-corrected chi connectivity index (χ3v) is 1.95. The first kappa shape index (κ1) is 10.2. The van der Waals surface area contributed by atoms with Crippen LogP contribution in [-0.4, -0.2) is 15.1 Å². The highest BCUT2D eigenvalue weighted by molar-refractivity contribution is 5.57. The van der Waals surface area contributed by atoms with Crippen molar-refractivity contribution < 1.29 is 9.34 Å². The summed E-state index contributed by atoms with van der Waals surface area (Å²) in [5.41, 5.74) is 5.79. The van der Waals surface area contributed by atoms with E-state index in [9.17, 15) is 10.1 Å². The Morgan fingerprint density at radius 2 is 2.25 bits per heavy atom. The molecule has 0 unspecified atom stereocenters. The molecule has 0 bridgehead atoms. The molecule has 0 saturated heterocycles. The highest BCUT2D eigenvalue weighted by Crippen LogP contribution is 2.22. The van der Waals surface area contributed by atoms with Gasteiger partial charge in [0.15, 0.2) is 0 Å². The van der Waals surface area contributed by atoms with Crippen molar-refractivity contribution >= 4 is 5.69 Å². The van der Waals surface area contributed by atoms with Gasteiger partial charge in [-0.05, 0) is 6.07 Å². The van der Waals surface area contributed by atoms with E-state index in [2.05, 4.69) is 10.2 Å². The average molecular weight is 220 g/mol. The Morgan fingerprint density at radius 1 is 1.44 bits per heavy atom. The summed E-state index contributed by atoms with van der Waals surface area (Å²) in [5, 5.41) is 18.0. The molecule has 0 amide bonds. The Bertz CT molecular complexity index is 523. The fraction of sp³-hybridized carbons (Fsp3) is 0.111. The van der Waals surface area contributed by atoms with Crippen LogP contribution in [-0.2, 0) is 6.54 Å². The van der Waals surface area contributed by atoms with Gasteiger partial charge >= 0.3 is 0 Å². The van der Waals surface area contributed by atoms with Crippen molar-refractivity contribution in [2.75, 3.05) is 0 Å². The second-order valence-corrected chi connectivity index (χ2v) is 3.01. The third-order valence-electron chi connectivity index (χ3n) is 1.95. The van der Waals surface area contributed by atoms with Gasteiger partial charge in [-0.25, -0.2) is 0 Å². The molecule has 1 aromatic carbocycles. The summed E-state index contributed by atoms with van der Waals surface area (Å²) in [7, 11) is 0. The zero-order valence-corrected chi connectivity index (χ0v) is 8.16. The molecule has 0 fully saturated rings. The summed E-state index contributed by atoms with van der Waals surface area (Å²) in [4.78, 5) is 10.1. The Balaban J connectivity index is 2.40. The van der Waals surface area contributed by atoms with E-state index in [0.29, 0.717) is 11.5 Å². The number of hydrogen-bond donors (Lipinski definition) is 1. The summed E-state index contributed by atoms with van der Waals surface area (Å²) in [6.07, 6.45) is 0. The van der Waals surface area contributed by atoms with Crippen molar-refractivity contribution in [3.05, 3.63) is 40.3 Å². The van der Waals surface area contributed by atoms with Crippen LogP contribution in [0.3, 0.4) is 0 Å². The van der Waals surface area contributed by atoms with Crippen LogP contribution >= 0.6 is 0 Å². The van der Waals surface area contributed by atoms with Crippen LogP contribution in [0.1, 0.15) is 5.89 Å². The minimum absolute atomic E-state index is 0.0231. The number of benzene rings is 1. The fourth-order valence-electron chi connectivity index (χ4n) is 1.21. The number of nitro benzene ring substituents is 1. The SMILES string of the molecule is NCc1nnc(-c2cccc([N+](=O)[O-])c2)o1. The van der Waals surface area contributed by atoms with E-state index in [1.54, 1.807) is 12.1 Å². The minimum atomic E-state index is -0.482. The zero-order chi connectivity index (χ0) is 11.5. The van der Waals surface area contributed by atoms with Gasteiger partial charge in [0, 0.05) is 17.7 Å². The van der Waals surface area contributed by atoms with Gasteiger partial charge < -0.3 is 10.2 Å². The van der Waals surface area contributed by atoms with E-state index in [-0.39, 0.29) is 18.1 Å². The van der Waals surface area contributed by atoms with E-state index < -0.39 is 4.92 Å². The Kier molecular flexibility index (Phi) is 2.61. The van der Waals surface area contributed by atoms with Crippen molar-refractivity contribution in [2.24, 2.45) is 5.73 Å². The topological polar surface area (TPSA) is 108 Å². The van der Waals surface area contributed by atoms with Gasteiger partial charge in [0.1, 0.15) is 0 Å². The molecule has 0 aliphatic carbocycles. The normalized spacial score (nSPS) is 10.3. The lowest BCUT2D eigenvalue weighted by Crippen LogP contribution is -1.95. The van der Waals surface area contributed by atoms with Crippen molar-refractivity contribution in [1.29, 1.82) is 0 Å². The molecule has 2 N–H and O–H groups in total. The number of rotatable bonds is 3. The predicted octanol–water partition coefficient (Wildman–Crippen LogP) is 1.10. The van der Waals surface area contributed by atoms with Gasteiger partial charge in [0.25, 0.3) is 5.69 Å². The van der Waals surface area contributed by atoms with Crippen LogP contribution < -0.4 is 5.73 Å². The number of hydrogen-bond acceptors (Lipinski definition) is 6. The van der Waals surface area contributed by atoms with Crippen molar-refractivity contribution in [3.63, 3.8) is 0 Å². The Morgan fingerprint density at radius 3 is 2.88 bits per heavy atom. The molecule has 7 nitrogen and oxygen atoms in total. The lowest BCUT2D eigenvalue weighted by Gasteiger charge is -1.94. The molecule has 7 heteroatoms. The monoisotopic (exact) mass is 220 g/mol. The van der Waals surface area contributed by atoms with Crippen molar-refractivity contribution in [2.45, 2.75) is 6.54 Å². The Labute approximate surface area is 90.0 Å². The summed E-state index contributed by atoms with van der Waals surface area (Å²) in [6.45, 7) is 0.141. The van der Waals surface area contributed by atoms with Crippen LogP contribution in [0.5, 0.6) is 0 Å². The van der Waals surface area contributed by atoms with Crippen LogP contribution in [0.25, 0.3) is 11.5 Å². The van der Waals surface area contributed by atoms with Crippen molar-refractivity contribution in [1.82, 2.24) is 10.2 Å². The molecule has 0 spiro atoms. The average Bonchev–Trinajstić information content (AvgIpc) is 2.77. The molecule has 0 aliphatic rings. The van der Waals surface area contributed by atoms with Gasteiger partial charge in [0.05, 0.1) is 11.5 Å². The lowest BCUT2D eigenvalue weighted by atomic mass is 10.2. The number of nitrogens with two attached hydrogens (primary N) is 1. The van der Waals surface area contributed by atoms with Gasteiger partial charge in [-0.2, -0.15) is 0 Å². The zero-order valence-electron chi connectivity index (χ0n) is 8.16. The first-order chi connectivity index (χ1) is 7.70. The van der Waals surface area contributed by atoms with Gasteiger partial charge in [0.2, 0.25) is 11.8 Å². The van der Waals surface area contributed by atoms with Gasteiger partial charge in [-0.15, -0.1) is 10.2 Å². The van der Waals surface area contributed by atoms with Gasteiger partial charge in [-0.1, -0.05) is 6.07 Å². The standard InChI is InChI=1S/C9H8N4O3/c10-5-8-11-12-9(16-8)6-2-1-3-7(4-6)13(14)15/h1-4H,5,10H2. The van der Waals surface area contributed by atoms with E-state index in [4.69, 9.17) is 10.2 Å². The molecule has 0 aliphatic heterocycles. The number of non-ortho nitro benzene ring substituents is 1. The minimum Gasteiger partial charge on any atom is -0.419 e. The molecule has 2 rings (SSSR count). The van der Waals surface area contributed by atoms with Crippen molar-refractivity contribution in [3.8, 4) is 11.5 Å². The van der Waals surface area contributed by atoms with E-state index >= 15 is 0 Å². The number of nitro groups is 1. The molecule has 2 aromatic rings. The fourth-order valence-corrected chi connectivity index (χ4v) is 1.21. The lowest BCUT2D eigenvalue weighted by molar-refractivity contribution is -0.384. The maximum atomic E-state index is 10.6. The summed E-state index contributed by atoms with van der Waals surface area (Å²) in [6, 6.07) is 5.97. The van der Waals surface area contributed by atoms with Crippen LogP contribution in [0.4, 0.5) is 5.69 Å². The van der Waals surface area contributed by atoms with E-state index in [0.717, 1.165) is 0 Å². The molecule has 0 saturated carbocycles. The molecule has 0 radical (unpaired) electrons. The summed E-state index contributed by atoms with van der Waals surface area (Å²) >= 11 is 0. The third kappa shape index (κ3) is 1.89. The summed E-state index contributed by atoms with van der Waals surface area (Å²) < 4.78 is 5.18. The largest absolute Gasteiger partial charge is 0.419 e. The Hall–Kier alpha value is -2.28. The highest BCUT2D eigenvalue weighted by Gasteiger charge is 2.11. The van der Waals surface area contributed by atoms with E-state index in [1.807, 2.05) is 0 Å².